The molecule has 0 saturated heterocycles. The third-order valence-corrected chi connectivity index (χ3v) is 2.42. The molecule has 0 unspecified atom stereocenters. The Kier molecular flexibility index (Phi) is 4.65. The van der Waals surface area contributed by atoms with Crippen LogP contribution in [0.3, 0.4) is 0 Å². The topological polar surface area (TPSA) is 35.5 Å². The molecule has 0 amide bonds. The fraction of sp³-hybridized carbons (Fsp3) is 0.900. The molecule has 3 nitrogen and oxygen atoms in total. The molecule has 0 aromatic heterocycles. The molecule has 1 saturated carbocycles. The van der Waals surface area contributed by atoms with Gasteiger partial charge < -0.3 is 9.47 Å². The maximum atomic E-state index is 10.8. The van der Waals surface area contributed by atoms with E-state index in [1.54, 1.807) is 6.92 Å². The van der Waals surface area contributed by atoms with Crippen molar-refractivity contribution in [1.82, 2.24) is 0 Å². The van der Waals surface area contributed by atoms with Gasteiger partial charge in [0.05, 0.1) is 13.2 Å². The molecule has 0 spiro atoms. The van der Waals surface area contributed by atoms with Gasteiger partial charge in [-0.3, -0.25) is 0 Å². The molecule has 1 rings (SSSR count). The lowest BCUT2D eigenvalue weighted by Gasteiger charge is -2.20. The van der Waals surface area contributed by atoms with Gasteiger partial charge in [0, 0.05) is 0 Å². The summed E-state index contributed by atoms with van der Waals surface area (Å²) in [6, 6.07) is 0. The molecule has 0 atom stereocenters. The van der Waals surface area contributed by atoms with Crippen molar-refractivity contribution in [2.45, 2.75) is 39.0 Å². The lowest BCUT2D eigenvalue weighted by atomic mass is 9.90. The van der Waals surface area contributed by atoms with Gasteiger partial charge in [0.15, 0.2) is 0 Å². The van der Waals surface area contributed by atoms with E-state index in [1.165, 1.54) is 32.1 Å². The molecule has 0 N–H and O–H groups in total. The fourth-order valence-corrected chi connectivity index (χ4v) is 1.70. The van der Waals surface area contributed by atoms with Crippen molar-refractivity contribution in [2.75, 3.05) is 13.2 Å². The van der Waals surface area contributed by atoms with Crippen LogP contribution in [0.4, 0.5) is 4.79 Å². The van der Waals surface area contributed by atoms with Crippen LogP contribution >= 0.6 is 0 Å². The SMILES string of the molecule is CCOC(=O)OCC1CCCCC1. The monoisotopic (exact) mass is 186 g/mol. The minimum Gasteiger partial charge on any atom is -0.435 e. The van der Waals surface area contributed by atoms with E-state index in [0.29, 0.717) is 19.1 Å². The Balaban J connectivity index is 2.06. The molecule has 3 heteroatoms. The highest BCUT2D eigenvalue weighted by Crippen LogP contribution is 2.23. The third-order valence-electron chi connectivity index (χ3n) is 2.42. The van der Waals surface area contributed by atoms with Crippen LogP contribution in [0.1, 0.15) is 39.0 Å². The quantitative estimate of drug-likeness (QED) is 0.636. The Morgan fingerprint density at radius 2 is 1.92 bits per heavy atom. The first-order chi connectivity index (χ1) is 6.33. The van der Waals surface area contributed by atoms with Crippen molar-refractivity contribution in [3.8, 4) is 0 Å². The zero-order valence-electron chi connectivity index (χ0n) is 8.25. The molecule has 13 heavy (non-hydrogen) atoms. The summed E-state index contributed by atoms with van der Waals surface area (Å²) in [6.07, 6.45) is 5.75. The van der Waals surface area contributed by atoms with E-state index >= 15 is 0 Å². The van der Waals surface area contributed by atoms with Crippen LogP contribution in [0.25, 0.3) is 0 Å². The zero-order chi connectivity index (χ0) is 9.52. The summed E-state index contributed by atoms with van der Waals surface area (Å²) < 4.78 is 9.63. The summed E-state index contributed by atoms with van der Waals surface area (Å²) in [5.41, 5.74) is 0. The summed E-state index contributed by atoms with van der Waals surface area (Å²) in [5.74, 6) is 0.568. The molecular weight excluding hydrogens is 168 g/mol. The zero-order valence-corrected chi connectivity index (χ0v) is 8.25. The standard InChI is InChI=1S/C10H18O3/c1-2-12-10(11)13-8-9-6-4-3-5-7-9/h9H,2-8H2,1H3. The highest BCUT2D eigenvalue weighted by atomic mass is 16.7. The minimum absolute atomic E-state index is 0.392. The first-order valence-electron chi connectivity index (χ1n) is 5.12. The largest absolute Gasteiger partial charge is 0.508 e. The van der Waals surface area contributed by atoms with Crippen molar-refractivity contribution in [1.29, 1.82) is 0 Å². The molecule has 0 bridgehead atoms. The summed E-state index contributed by atoms with van der Waals surface area (Å²) in [6.45, 7) is 2.71. The summed E-state index contributed by atoms with van der Waals surface area (Å²) in [5, 5.41) is 0. The Bertz CT molecular complexity index is 150. The molecule has 0 aromatic rings. The predicted molar refractivity (Wildman–Crippen MR) is 49.5 cm³/mol. The minimum atomic E-state index is -0.520. The van der Waals surface area contributed by atoms with Crippen LogP contribution in [-0.4, -0.2) is 19.4 Å². The Morgan fingerprint density at radius 3 is 2.54 bits per heavy atom. The second-order valence-corrected chi connectivity index (χ2v) is 3.50. The van der Waals surface area contributed by atoms with E-state index in [0.717, 1.165) is 0 Å². The molecule has 1 fully saturated rings. The van der Waals surface area contributed by atoms with Crippen LogP contribution in [0.5, 0.6) is 0 Å². The van der Waals surface area contributed by atoms with Crippen molar-refractivity contribution in [2.24, 2.45) is 5.92 Å². The van der Waals surface area contributed by atoms with E-state index in [1.807, 2.05) is 0 Å². The highest BCUT2D eigenvalue weighted by molar-refractivity contribution is 5.59. The molecule has 1 aliphatic carbocycles. The lowest BCUT2D eigenvalue weighted by Crippen LogP contribution is -2.17. The predicted octanol–water partition coefficient (Wildman–Crippen LogP) is 2.74. The summed E-state index contributed by atoms with van der Waals surface area (Å²) in [7, 11) is 0. The highest BCUT2D eigenvalue weighted by Gasteiger charge is 2.15. The molecule has 1 aliphatic rings. The van der Waals surface area contributed by atoms with Crippen molar-refractivity contribution >= 4 is 6.16 Å². The molecule has 0 aliphatic heterocycles. The van der Waals surface area contributed by atoms with E-state index in [9.17, 15) is 4.79 Å². The first-order valence-corrected chi connectivity index (χ1v) is 5.12. The van der Waals surface area contributed by atoms with Crippen LogP contribution in [-0.2, 0) is 9.47 Å². The smallest absolute Gasteiger partial charge is 0.435 e. The molecular formula is C10H18O3. The number of ether oxygens (including phenoxy) is 2. The van der Waals surface area contributed by atoms with E-state index in [-0.39, 0.29) is 0 Å². The van der Waals surface area contributed by atoms with Gasteiger partial charge in [0.1, 0.15) is 0 Å². The Morgan fingerprint density at radius 1 is 1.23 bits per heavy atom. The molecule has 0 heterocycles. The molecule has 0 radical (unpaired) electrons. The van der Waals surface area contributed by atoms with Crippen LogP contribution < -0.4 is 0 Å². The molecule has 76 valence electrons. The summed E-state index contributed by atoms with van der Waals surface area (Å²) in [4.78, 5) is 10.8. The maximum absolute atomic E-state index is 10.8. The second kappa shape index (κ2) is 5.84. The van der Waals surface area contributed by atoms with Gasteiger partial charge in [-0.15, -0.1) is 0 Å². The Hall–Kier alpha value is -0.730. The third kappa shape index (κ3) is 4.15. The van der Waals surface area contributed by atoms with Gasteiger partial charge in [-0.1, -0.05) is 19.3 Å². The van der Waals surface area contributed by atoms with Crippen molar-refractivity contribution < 1.29 is 14.3 Å². The van der Waals surface area contributed by atoms with E-state index in [4.69, 9.17) is 4.74 Å². The maximum Gasteiger partial charge on any atom is 0.508 e. The average Bonchev–Trinajstić information content (AvgIpc) is 2.17. The first kappa shape index (κ1) is 10.4. The normalized spacial score (nSPS) is 18.2. The Labute approximate surface area is 79.4 Å². The number of rotatable bonds is 3. The van der Waals surface area contributed by atoms with Gasteiger partial charge in [-0.25, -0.2) is 4.79 Å². The van der Waals surface area contributed by atoms with Crippen molar-refractivity contribution in [3.63, 3.8) is 0 Å². The van der Waals surface area contributed by atoms with Crippen LogP contribution in [0, 0.1) is 5.92 Å². The summed E-state index contributed by atoms with van der Waals surface area (Å²) >= 11 is 0. The second-order valence-electron chi connectivity index (χ2n) is 3.50. The van der Waals surface area contributed by atoms with Gasteiger partial charge in [-0.2, -0.15) is 0 Å². The number of hydrogen-bond acceptors (Lipinski definition) is 3. The van der Waals surface area contributed by atoms with Crippen LogP contribution in [0.15, 0.2) is 0 Å². The van der Waals surface area contributed by atoms with Gasteiger partial charge in [-0.05, 0) is 25.7 Å². The average molecular weight is 186 g/mol. The number of carbonyl (C=O) groups excluding carboxylic acids is 1. The van der Waals surface area contributed by atoms with Crippen molar-refractivity contribution in [3.05, 3.63) is 0 Å². The number of carbonyl (C=O) groups is 1. The number of hydrogen-bond donors (Lipinski definition) is 0. The van der Waals surface area contributed by atoms with Gasteiger partial charge in [0.25, 0.3) is 0 Å². The van der Waals surface area contributed by atoms with Crippen LogP contribution in [0.2, 0.25) is 0 Å². The van der Waals surface area contributed by atoms with E-state index in [2.05, 4.69) is 4.74 Å². The van der Waals surface area contributed by atoms with Gasteiger partial charge in [0.2, 0.25) is 0 Å². The van der Waals surface area contributed by atoms with E-state index < -0.39 is 6.16 Å². The lowest BCUT2D eigenvalue weighted by molar-refractivity contribution is 0.0430. The fourth-order valence-electron chi connectivity index (χ4n) is 1.70. The molecule has 0 aromatic carbocycles. The van der Waals surface area contributed by atoms with Gasteiger partial charge >= 0.3 is 6.16 Å².